The Balaban J connectivity index is 2.62. The van der Waals surface area contributed by atoms with E-state index >= 15 is 0 Å². The molecule has 0 aliphatic carbocycles. The van der Waals surface area contributed by atoms with Crippen molar-refractivity contribution >= 4 is 26.8 Å². The molecule has 1 aromatic carbocycles. The van der Waals surface area contributed by atoms with Gasteiger partial charge in [-0.25, -0.2) is 4.79 Å². The highest BCUT2D eigenvalue weighted by Gasteiger charge is 2.07. The van der Waals surface area contributed by atoms with Gasteiger partial charge in [0.25, 0.3) is 0 Å². The summed E-state index contributed by atoms with van der Waals surface area (Å²) >= 11 is 3.33. The fourth-order valence-corrected chi connectivity index (χ4v) is 1.72. The first-order valence-corrected chi connectivity index (χ1v) is 5.99. The van der Waals surface area contributed by atoms with Gasteiger partial charge >= 0.3 is 11.7 Å². The fourth-order valence-electron chi connectivity index (χ4n) is 1.37. The van der Waals surface area contributed by atoms with E-state index in [4.69, 9.17) is 9.15 Å². The number of ether oxygens (including phenoxy) is 1. The smallest absolute Gasteiger partial charge is 0.397 e. The zero-order valence-corrected chi connectivity index (χ0v) is 10.3. The lowest BCUT2D eigenvalue weighted by Crippen LogP contribution is -2.05. The zero-order valence-electron chi connectivity index (χ0n) is 8.70. The van der Waals surface area contributed by atoms with Crippen LogP contribution in [0.5, 0.6) is 6.08 Å². The number of nitrogens with zero attached hydrogens (tertiary/aromatic N) is 1. The molecule has 4 nitrogen and oxygen atoms in total. The Hall–Kier alpha value is -1.36. The molecule has 0 saturated heterocycles. The third-order valence-corrected chi connectivity index (χ3v) is 2.74. The van der Waals surface area contributed by atoms with Gasteiger partial charge in [-0.3, -0.25) is 0 Å². The standard InChI is InChI=1S/C11H10BrNO3/c1-2-15-11-13-9-4-3-7(6-12)5-8(9)10(14)16-11/h3-5H,2,6H2,1H3. The van der Waals surface area contributed by atoms with E-state index in [0.717, 1.165) is 5.56 Å². The van der Waals surface area contributed by atoms with Crippen molar-refractivity contribution in [1.82, 2.24) is 4.98 Å². The van der Waals surface area contributed by atoms with Crippen LogP contribution in [0.4, 0.5) is 0 Å². The highest BCUT2D eigenvalue weighted by molar-refractivity contribution is 9.08. The van der Waals surface area contributed by atoms with Crippen molar-refractivity contribution in [2.45, 2.75) is 12.3 Å². The Morgan fingerprint density at radius 2 is 2.31 bits per heavy atom. The summed E-state index contributed by atoms with van der Waals surface area (Å²) in [6, 6.07) is 5.45. The summed E-state index contributed by atoms with van der Waals surface area (Å²) < 4.78 is 9.99. The van der Waals surface area contributed by atoms with Gasteiger partial charge in [0, 0.05) is 5.33 Å². The first kappa shape index (κ1) is 11.1. The molecule has 0 aliphatic heterocycles. The molecule has 0 saturated carbocycles. The maximum absolute atomic E-state index is 11.6. The molecule has 0 bridgehead atoms. The largest absolute Gasteiger partial charge is 0.450 e. The van der Waals surface area contributed by atoms with Gasteiger partial charge in [-0.2, -0.15) is 4.98 Å². The molecule has 0 spiro atoms. The molecular formula is C11H10BrNO3. The molecule has 5 heteroatoms. The molecule has 84 valence electrons. The Labute approximate surface area is 100 Å². The molecule has 2 rings (SSSR count). The molecule has 0 fully saturated rings. The molecule has 0 aliphatic rings. The molecule has 0 amide bonds. The first-order valence-electron chi connectivity index (χ1n) is 4.87. The van der Waals surface area contributed by atoms with E-state index in [-0.39, 0.29) is 6.08 Å². The van der Waals surface area contributed by atoms with Crippen LogP contribution < -0.4 is 10.4 Å². The van der Waals surface area contributed by atoms with Gasteiger partial charge in [0.15, 0.2) is 0 Å². The van der Waals surface area contributed by atoms with Gasteiger partial charge in [0.2, 0.25) is 0 Å². The van der Waals surface area contributed by atoms with Crippen molar-refractivity contribution in [2.75, 3.05) is 6.61 Å². The number of rotatable bonds is 3. The predicted octanol–water partition coefficient (Wildman–Crippen LogP) is 2.48. The minimum absolute atomic E-state index is 0.0200. The van der Waals surface area contributed by atoms with Crippen molar-refractivity contribution in [1.29, 1.82) is 0 Å². The summed E-state index contributed by atoms with van der Waals surface area (Å²) in [5.41, 5.74) is 1.17. The topological polar surface area (TPSA) is 52.3 Å². The predicted molar refractivity (Wildman–Crippen MR) is 64.1 cm³/mol. The first-order chi connectivity index (χ1) is 7.74. The molecule has 1 heterocycles. The number of benzene rings is 1. The number of hydrogen-bond donors (Lipinski definition) is 0. The van der Waals surface area contributed by atoms with E-state index in [1.54, 1.807) is 19.1 Å². The lowest BCUT2D eigenvalue weighted by atomic mass is 10.2. The molecule has 2 aromatic rings. The third kappa shape index (κ3) is 2.09. The second-order valence-electron chi connectivity index (χ2n) is 3.19. The van der Waals surface area contributed by atoms with Gasteiger partial charge in [-0.05, 0) is 24.6 Å². The lowest BCUT2D eigenvalue weighted by molar-refractivity contribution is 0.229. The van der Waals surface area contributed by atoms with E-state index < -0.39 is 5.63 Å². The van der Waals surface area contributed by atoms with Crippen molar-refractivity contribution in [3.63, 3.8) is 0 Å². The van der Waals surface area contributed by atoms with Crippen LogP contribution in [0.3, 0.4) is 0 Å². The van der Waals surface area contributed by atoms with E-state index in [1.807, 2.05) is 6.07 Å². The molecule has 16 heavy (non-hydrogen) atoms. The summed E-state index contributed by atoms with van der Waals surface area (Å²) in [7, 11) is 0. The van der Waals surface area contributed by atoms with Crippen molar-refractivity contribution < 1.29 is 9.15 Å². The van der Waals surface area contributed by atoms with Crippen LogP contribution in [-0.2, 0) is 5.33 Å². The van der Waals surface area contributed by atoms with Crippen LogP contribution in [0, 0.1) is 0 Å². The number of aromatic nitrogens is 1. The van der Waals surface area contributed by atoms with Crippen LogP contribution in [0.2, 0.25) is 0 Å². The van der Waals surface area contributed by atoms with Gasteiger partial charge in [-0.1, -0.05) is 22.0 Å². The normalized spacial score (nSPS) is 10.6. The Kier molecular flexibility index (Phi) is 3.24. The van der Waals surface area contributed by atoms with Crippen molar-refractivity contribution in [3.05, 3.63) is 34.2 Å². The minimum Gasteiger partial charge on any atom is -0.450 e. The Morgan fingerprint density at radius 1 is 1.50 bits per heavy atom. The number of halogens is 1. The van der Waals surface area contributed by atoms with E-state index in [1.165, 1.54) is 0 Å². The van der Waals surface area contributed by atoms with Gasteiger partial charge in [0.1, 0.15) is 0 Å². The highest BCUT2D eigenvalue weighted by Crippen LogP contribution is 2.15. The number of hydrogen-bond acceptors (Lipinski definition) is 4. The number of fused-ring (bicyclic) bond motifs is 1. The lowest BCUT2D eigenvalue weighted by Gasteiger charge is -2.02. The van der Waals surface area contributed by atoms with Crippen molar-refractivity contribution in [3.8, 4) is 6.08 Å². The minimum atomic E-state index is -0.420. The number of alkyl halides is 1. The van der Waals surface area contributed by atoms with Crippen LogP contribution in [0.15, 0.2) is 27.4 Å². The quantitative estimate of drug-likeness (QED) is 0.812. The van der Waals surface area contributed by atoms with Crippen LogP contribution in [-0.4, -0.2) is 11.6 Å². The van der Waals surface area contributed by atoms with Crippen molar-refractivity contribution in [2.24, 2.45) is 0 Å². The molecule has 1 aromatic heterocycles. The van der Waals surface area contributed by atoms with Crippen LogP contribution in [0.25, 0.3) is 10.9 Å². The summed E-state index contributed by atoms with van der Waals surface area (Å²) in [6.45, 7) is 2.22. The monoisotopic (exact) mass is 283 g/mol. The maximum Gasteiger partial charge on any atom is 0.397 e. The zero-order chi connectivity index (χ0) is 11.5. The SMILES string of the molecule is CCOc1nc2ccc(CBr)cc2c(=O)o1. The average Bonchev–Trinajstić information content (AvgIpc) is 2.29. The average molecular weight is 284 g/mol. The molecule has 0 radical (unpaired) electrons. The van der Waals surface area contributed by atoms with Crippen LogP contribution >= 0.6 is 15.9 Å². The molecule has 0 atom stereocenters. The Bertz CT molecular complexity index is 565. The summed E-state index contributed by atoms with van der Waals surface area (Å²) in [4.78, 5) is 15.7. The summed E-state index contributed by atoms with van der Waals surface area (Å²) in [6.07, 6.45) is 0.0200. The third-order valence-electron chi connectivity index (χ3n) is 2.09. The second-order valence-corrected chi connectivity index (χ2v) is 3.75. The summed E-state index contributed by atoms with van der Waals surface area (Å²) in [5, 5.41) is 1.16. The molecule has 0 unspecified atom stereocenters. The van der Waals surface area contributed by atoms with Gasteiger partial charge in [0.05, 0.1) is 17.5 Å². The van der Waals surface area contributed by atoms with Crippen LogP contribution in [0.1, 0.15) is 12.5 Å². The molecule has 0 N–H and O–H groups in total. The van der Waals surface area contributed by atoms with E-state index in [2.05, 4.69) is 20.9 Å². The van der Waals surface area contributed by atoms with Gasteiger partial charge < -0.3 is 9.15 Å². The van der Waals surface area contributed by atoms with E-state index in [9.17, 15) is 4.79 Å². The Morgan fingerprint density at radius 3 is 3.00 bits per heavy atom. The molecular weight excluding hydrogens is 274 g/mol. The highest BCUT2D eigenvalue weighted by atomic mass is 79.9. The van der Waals surface area contributed by atoms with Gasteiger partial charge in [-0.15, -0.1) is 0 Å². The van der Waals surface area contributed by atoms with E-state index in [0.29, 0.717) is 22.8 Å². The summed E-state index contributed by atoms with van der Waals surface area (Å²) in [5.74, 6) is 0. The maximum atomic E-state index is 11.6. The second kappa shape index (κ2) is 4.65. The fraction of sp³-hybridized carbons (Fsp3) is 0.273.